The molecule has 3 atom stereocenters. The molecular weight excluding hydrogens is 248 g/mol. The van der Waals surface area contributed by atoms with Crippen molar-refractivity contribution in [1.82, 2.24) is 5.32 Å². The number of nitrogens with two attached hydrogens (primary N) is 1. The fourth-order valence-electron chi connectivity index (χ4n) is 2.25. The second kappa shape index (κ2) is 7.45. The van der Waals surface area contributed by atoms with E-state index in [0.29, 0.717) is 19.4 Å². The van der Waals surface area contributed by atoms with Crippen LogP contribution < -0.4 is 11.1 Å². The van der Waals surface area contributed by atoms with Crippen LogP contribution in [0.25, 0.3) is 0 Å². The van der Waals surface area contributed by atoms with Crippen LogP contribution in [0.5, 0.6) is 0 Å². The van der Waals surface area contributed by atoms with Crippen LogP contribution in [-0.2, 0) is 14.3 Å². The van der Waals surface area contributed by atoms with Crippen LogP contribution in [-0.4, -0.2) is 42.3 Å². The largest absolute Gasteiger partial charge is 0.481 e. The number of carboxylic acids is 1. The van der Waals surface area contributed by atoms with Crippen LogP contribution in [0.15, 0.2) is 0 Å². The molecular formula is C13H24N2O4. The molecule has 0 aliphatic carbocycles. The third-order valence-electron chi connectivity index (χ3n) is 3.29. The van der Waals surface area contributed by atoms with Gasteiger partial charge >= 0.3 is 5.97 Å². The lowest BCUT2D eigenvalue weighted by Crippen LogP contribution is -2.40. The number of hydrogen-bond donors (Lipinski definition) is 3. The van der Waals surface area contributed by atoms with E-state index in [2.05, 4.69) is 5.32 Å². The van der Waals surface area contributed by atoms with Crippen LogP contribution in [0.1, 0.15) is 33.1 Å². The molecule has 0 radical (unpaired) electrons. The number of hydrogen-bond acceptors (Lipinski definition) is 4. The number of carbonyl (C=O) groups is 2. The first-order chi connectivity index (χ1) is 8.93. The van der Waals surface area contributed by atoms with Crippen molar-refractivity contribution in [2.24, 2.45) is 17.6 Å². The Balaban J connectivity index is 2.37. The van der Waals surface area contributed by atoms with Crippen molar-refractivity contribution in [2.75, 3.05) is 13.1 Å². The molecule has 0 saturated carbocycles. The van der Waals surface area contributed by atoms with Crippen molar-refractivity contribution in [3.8, 4) is 0 Å². The Morgan fingerprint density at radius 2 is 2.11 bits per heavy atom. The molecule has 1 rings (SSSR count). The second-order valence-corrected chi connectivity index (χ2v) is 5.47. The van der Waals surface area contributed by atoms with Crippen molar-refractivity contribution < 1.29 is 19.4 Å². The van der Waals surface area contributed by atoms with E-state index in [4.69, 9.17) is 15.6 Å². The summed E-state index contributed by atoms with van der Waals surface area (Å²) in [5.74, 6) is -1.37. The van der Waals surface area contributed by atoms with Crippen molar-refractivity contribution in [3.05, 3.63) is 0 Å². The zero-order chi connectivity index (χ0) is 14.4. The molecule has 6 nitrogen and oxygen atoms in total. The normalized spacial score (nSPS) is 24.4. The van der Waals surface area contributed by atoms with Crippen LogP contribution >= 0.6 is 0 Å². The Kier molecular flexibility index (Phi) is 6.24. The summed E-state index contributed by atoms with van der Waals surface area (Å²) in [5, 5.41) is 11.8. The van der Waals surface area contributed by atoms with E-state index in [9.17, 15) is 9.59 Å². The molecule has 110 valence electrons. The highest BCUT2D eigenvalue weighted by atomic mass is 16.5. The summed E-state index contributed by atoms with van der Waals surface area (Å²) in [6.45, 7) is 4.49. The summed E-state index contributed by atoms with van der Waals surface area (Å²) < 4.78 is 5.46. The molecule has 1 aliphatic rings. The Hall–Kier alpha value is -1.14. The lowest BCUT2D eigenvalue weighted by Gasteiger charge is -2.17. The summed E-state index contributed by atoms with van der Waals surface area (Å²) in [7, 11) is 0. The minimum Gasteiger partial charge on any atom is -0.481 e. The predicted octanol–water partition coefficient (Wildman–Crippen LogP) is 0.356. The highest BCUT2D eigenvalue weighted by Crippen LogP contribution is 2.19. The highest BCUT2D eigenvalue weighted by molar-refractivity contribution is 5.81. The van der Waals surface area contributed by atoms with Gasteiger partial charge in [0.05, 0.1) is 12.0 Å². The maximum Gasteiger partial charge on any atom is 0.308 e. The summed E-state index contributed by atoms with van der Waals surface area (Å²) in [5.41, 5.74) is 5.48. The first kappa shape index (κ1) is 15.9. The zero-order valence-corrected chi connectivity index (χ0v) is 11.6. The third-order valence-corrected chi connectivity index (χ3v) is 3.29. The maximum atomic E-state index is 11.8. The summed E-state index contributed by atoms with van der Waals surface area (Å²) in [4.78, 5) is 22.9. The number of amides is 1. The molecule has 1 aliphatic heterocycles. The standard InChI is InChI=1S/C13H24N2O4/c1-8(2)5-9(13(17)18)7-15-12(16)11-4-3-10(6-14)19-11/h8-11H,3-7,14H2,1-2H3,(H,15,16)(H,17,18). The van der Waals surface area contributed by atoms with Crippen LogP contribution in [0.4, 0.5) is 0 Å². The number of rotatable bonds is 7. The van der Waals surface area contributed by atoms with Crippen molar-refractivity contribution in [2.45, 2.75) is 45.3 Å². The second-order valence-electron chi connectivity index (χ2n) is 5.47. The smallest absolute Gasteiger partial charge is 0.308 e. The minimum atomic E-state index is -0.874. The molecule has 0 aromatic rings. The molecule has 1 saturated heterocycles. The molecule has 0 aromatic heterocycles. The molecule has 0 spiro atoms. The zero-order valence-electron chi connectivity index (χ0n) is 11.6. The first-order valence-electron chi connectivity index (χ1n) is 6.80. The van der Waals surface area contributed by atoms with Crippen molar-refractivity contribution >= 4 is 11.9 Å². The van der Waals surface area contributed by atoms with E-state index >= 15 is 0 Å². The number of aliphatic carboxylic acids is 1. The molecule has 19 heavy (non-hydrogen) atoms. The van der Waals surface area contributed by atoms with Gasteiger partial charge in [-0.05, 0) is 25.2 Å². The topological polar surface area (TPSA) is 102 Å². The number of ether oxygens (including phenoxy) is 1. The van der Waals surface area contributed by atoms with E-state index in [1.807, 2.05) is 13.8 Å². The molecule has 6 heteroatoms. The van der Waals surface area contributed by atoms with Crippen LogP contribution in [0.2, 0.25) is 0 Å². The van der Waals surface area contributed by atoms with Crippen LogP contribution in [0.3, 0.4) is 0 Å². The van der Waals surface area contributed by atoms with Gasteiger partial charge in [0.15, 0.2) is 0 Å². The molecule has 4 N–H and O–H groups in total. The molecule has 0 bridgehead atoms. The van der Waals surface area contributed by atoms with Gasteiger partial charge in [0.2, 0.25) is 5.91 Å². The number of carbonyl (C=O) groups excluding carboxylic acids is 1. The first-order valence-corrected chi connectivity index (χ1v) is 6.80. The molecule has 1 amide bonds. The molecule has 1 fully saturated rings. The lowest BCUT2D eigenvalue weighted by atomic mass is 9.97. The van der Waals surface area contributed by atoms with Crippen LogP contribution in [0, 0.1) is 11.8 Å². The van der Waals surface area contributed by atoms with Gasteiger partial charge in [-0.2, -0.15) is 0 Å². The van der Waals surface area contributed by atoms with Gasteiger partial charge in [-0.25, -0.2) is 0 Å². The monoisotopic (exact) mass is 272 g/mol. The highest BCUT2D eigenvalue weighted by Gasteiger charge is 2.30. The summed E-state index contributed by atoms with van der Waals surface area (Å²) in [6, 6.07) is 0. The predicted molar refractivity (Wildman–Crippen MR) is 70.5 cm³/mol. The van der Waals surface area contributed by atoms with Crippen molar-refractivity contribution in [3.63, 3.8) is 0 Å². The Morgan fingerprint density at radius 1 is 1.42 bits per heavy atom. The fraction of sp³-hybridized carbons (Fsp3) is 0.846. The summed E-state index contributed by atoms with van der Waals surface area (Å²) in [6.07, 6.45) is 1.44. The SMILES string of the molecule is CC(C)CC(CNC(=O)C1CCC(CN)O1)C(=O)O. The summed E-state index contributed by atoms with van der Waals surface area (Å²) >= 11 is 0. The molecule has 0 aromatic carbocycles. The average Bonchev–Trinajstić information content (AvgIpc) is 2.82. The van der Waals surface area contributed by atoms with Gasteiger partial charge in [0.25, 0.3) is 0 Å². The minimum absolute atomic E-state index is 0.0540. The molecule has 3 unspecified atom stereocenters. The van der Waals surface area contributed by atoms with Gasteiger partial charge in [-0.15, -0.1) is 0 Å². The fourth-order valence-corrected chi connectivity index (χ4v) is 2.25. The van der Waals surface area contributed by atoms with Gasteiger partial charge < -0.3 is 20.9 Å². The third kappa shape index (κ3) is 5.16. The van der Waals surface area contributed by atoms with E-state index in [1.165, 1.54) is 0 Å². The van der Waals surface area contributed by atoms with Gasteiger partial charge in [-0.3, -0.25) is 9.59 Å². The Labute approximate surface area is 113 Å². The molecule has 1 heterocycles. The quantitative estimate of drug-likeness (QED) is 0.621. The Morgan fingerprint density at radius 3 is 2.58 bits per heavy atom. The number of nitrogens with one attached hydrogen (secondary N) is 1. The van der Waals surface area contributed by atoms with E-state index < -0.39 is 18.0 Å². The van der Waals surface area contributed by atoms with Gasteiger partial charge in [-0.1, -0.05) is 13.8 Å². The van der Waals surface area contributed by atoms with E-state index in [1.54, 1.807) is 0 Å². The van der Waals surface area contributed by atoms with Crippen molar-refractivity contribution in [1.29, 1.82) is 0 Å². The average molecular weight is 272 g/mol. The Bertz CT molecular complexity index is 320. The van der Waals surface area contributed by atoms with Gasteiger partial charge in [0, 0.05) is 13.1 Å². The van der Waals surface area contributed by atoms with E-state index in [-0.39, 0.29) is 24.5 Å². The lowest BCUT2D eigenvalue weighted by molar-refractivity contribution is -0.142. The van der Waals surface area contributed by atoms with E-state index in [0.717, 1.165) is 6.42 Å². The number of carboxylic acid groups (broad SMARTS) is 1. The maximum absolute atomic E-state index is 11.8. The van der Waals surface area contributed by atoms with Gasteiger partial charge in [0.1, 0.15) is 6.10 Å².